The van der Waals surface area contributed by atoms with E-state index in [0.717, 1.165) is 9.75 Å². The summed E-state index contributed by atoms with van der Waals surface area (Å²) in [6.07, 6.45) is 3.15. The third kappa shape index (κ3) is 3.64. The number of nitrogens with one attached hydrogen (secondary N) is 2. The normalized spacial score (nSPS) is 12.8. The first-order valence-electron chi connectivity index (χ1n) is 9.25. The fraction of sp³-hybridized carbons (Fsp3) is 0.0476. The topological polar surface area (TPSA) is 111 Å². The van der Waals surface area contributed by atoms with Crippen LogP contribution in [0.2, 0.25) is 0 Å². The van der Waals surface area contributed by atoms with Crippen molar-refractivity contribution in [1.29, 1.82) is 0 Å². The molecule has 154 valence electrons. The lowest BCUT2D eigenvalue weighted by Crippen LogP contribution is -2.18. The average Bonchev–Trinajstić information content (AvgIpc) is 3.43. The van der Waals surface area contributed by atoms with Crippen LogP contribution < -0.4 is 16.4 Å². The smallest absolute Gasteiger partial charge is 0.326 e. The van der Waals surface area contributed by atoms with E-state index in [-0.39, 0.29) is 17.4 Å². The van der Waals surface area contributed by atoms with E-state index in [1.54, 1.807) is 40.3 Å². The molecule has 8 nitrogen and oxygen atoms in total. The molecule has 0 saturated heterocycles. The first kappa shape index (κ1) is 18.9. The van der Waals surface area contributed by atoms with Gasteiger partial charge in [-0.1, -0.05) is 0 Å². The maximum atomic E-state index is 13.3. The van der Waals surface area contributed by atoms with E-state index >= 15 is 0 Å². The molecule has 31 heavy (non-hydrogen) atoms. The number of halogens is 1. The number of H-pyrrole nitrogens is 2. The zero-order valence-electron chi connectivity index (χ0n) is 16.1. The predicted octanol–water partition coefficient (Wildman–Crippen LogP) is 2.41. The summed E-state index contributed by atoms with van der Waals surface area (Å²) in [7, 11) is 0. The lowest BCUT2D eigenvalue weighted by atomic mass is 10.3. The summed E-state index contributed by atoms with van der Waals surface area (Å²) in [5.74, 6) is -0.615. The second-order valence-electron chi connectivity index (χ2n) is 6.82. The van der Waals surface area contributed by atoms with Gasteiger partial charge in [0.05, 0.1) is 22.5 Å². The van der Waals surface area contributed by atoms with E-state index in [2.05, 4.69) is 20.1 Å². The summed E-state index contributed by atoms with van der Waals surface area (Å²) < 4.78 is 14.8. The van der Waals surface area contributed by atoms with Gasteiger partial charge in [0.1, 0.15) is 11.5 Å². The van der Waals surface area contributed by atoms with Crippen molar-refractivity contribution in [2.45, 2.75) is 6.92 Å². The molecule has 0 radical (unpaired) electrons. The highest BCUT2D eigenvalue weighted by molar-refractivity contribution is 7.15. The Balaban J connectivity index is 1.80. The molecule has 0 aliphatic carbocycles. The largest absolute Gasteiger partial charge is 0.493 e. The molecule has 0 unspecified atom stereocenters. The molecule has 0 spiro atoms. The molecule has 0 aliphatic heterocycles. The van der Waals surface area contributed by atoms with Crippen molar-refractivity contribution in [1.82, 2.24) is 24.6 Å². The fourth-order valence-corrected chi connectivity index (χ4v) is 3.97. The van der Waals surface area contributed by atoms with Crippen molar-refractivity contribution in [3.05, 3.63) is 86.2 Å². The van der Waals surface area contributed by atoms with E-state index < -0.39 is 5.69 Å². The van der Waals surface area contributed by atoms with Gasteiger partial charge < -0.3 is 10.1 Å². The van der Waals surface area contributed by atoms with Crippen molar-refractivity contribution < 1.29 is 9.50 Å². The zero-order valence-corrected chi connectivity index (χ0v) is 16.9. The maximum absolute atomic E-state index is 13.3. The van der Waals surface area contributed by atoms with Gasteiger partial charge in [-0.3, -0.25) is 4.98 Å². The Morgan fingerprint density at radius 2 is 2.00 bits per heavy atom. The van der Waals surface area contributed by atoms with Crippen LogP contribution in [0.15, 0.2) is 58.4 Å². The Labute approximate surface area is 177 Å². The van der Waals surface area contributed by atoms with Gasteiger partial charge in [-0.05, 0) is 49.4 Å². The number of imidazole rings is 1. The summed E-state index contributed by atoms with van der Waals surface area (Å²) in [5, 5.41) is 14.9. The van der Waals surface area contributed by atoms with Crippen molar-refractivity contribution in [2.24, 2.45) is 4.99 Å². The summed E-state index contributed by atoms with van der Waals surface area (Å²) in [4.78, 5) is 27.7. The second kappa shape index (κ2) is 7.33. The minimum atomic E-state index is -0.519. The molecule has 0 atom stereocenters. The first-order valence-corrected chi connectivity index (χ1v) is 10.1. The van der Waals surface area contributed by atoms with Gasteiger partial charge in [-0.15, -0.1) is 11.3 Å². The molecule has 0 aliphatic rings. The summed E-state index contributed by atoms with van der Waals surface area (Å²) in [6, 6.07) is 11.6. The highest BCUT2D eigenvalue weighted by Crippen LogP contribution is 2.25. The monoisotopic (exact) mass is 434 g/mol. The Bertz CT molecular complexity index is 1590. The second-order valence-corrected chi connectivity index (χ2v) is 8.11. The molecule has 0 fully saturated rings. The van der Waals surface area contributed by atoms with E-state index in [9.17, 15) is 14.3 Å². The van der Waals surface area contributed by atoms with E-state index in [1.807, 2.05) is 25.1 Å². The maximum Gasteiger partial charge on any atom is 0.326 e. The van der Waals surface area contributed by atoms with Gasteiger partial charge in [0.25, 0.3) is 0 Å². The van der Waals surface area contributed by atoms with Gasteiger partial charge in [-0.25, -0.2) is 19.2 Å². The molecule has 0 amide bonds. The van der Waals surface area contributed by atoms with Crippen molar-refractivity contribution >= 4 is 28.7 Å². The summed E-state index contributed by atoms with van der Waals surface area (Å²) in [5.41, 5.74) is 1.96. The number of thiophene rings is 1. The van der Waals surface area contributed by atoms with Crippen LogP contribution in [0.5, 0.6) is 5.88 Å². The number of fused-ring (bicyclic) bond motifs is 1. The first-order chi connectivity index (χ1) is 15.0. The molecular formula is C21H15FN6O2S. The standard InChI is InChI=1S/C21H15FN6O2S/c1-11-2-7-17(31-11)15-9-18(24-14-5-3-13(22)4-6-14)28-19(25-15)12(10-23-28)8-16-20(29)27-21(30)26-16/h2-10,29H,1H3,(H2,26,27,30)/b12-8-,24-18?. The lowest BCUT2D eigenvalue weighted by Gasteiger charge is -2.01. The van der Waals surface area contributed by atoms with Crippen molar-refractivity contribution in [3.63, 3.8) is 0 Å². The number of aromatic hydroxyl groups is 1. The number of rotatable bonds is 3. The minimum absolute atomic E-state index is 0.219. The average molecular weight is 434 g/mol. The number of aromatic amines is 2. The predicted molar refractivity (Wildman–Crippen MR) is 115 cm³/mol. The quantitative estimate of drug-likeness (QED) is 0.405. The van der Waals surface area contributed by atoms with Crippen LogP contribution in [-0.4, -0.2) is 29.7 Å². The molecule has 5 rings (SSSR count). The third-order valence-electron chi connectivity index (χ3n) is 4.58. The van der Waals surface area contributed by atoms with Crippen LogP contribution in [0.1, 0.15) is 10.6 Å². The van der Waals surface area contributed by atoms with E-state index in [0.29, 0.717) is 27.7 Å². The van der Waals surface area contributed by atoms with Crippen LogP contribution in [0.4, 0.5) is 10.1 Å². The SMILES string of the molecule is Cc1ccc(-c2cc(=Nc3ccc(F)cc3)n3nc/c(=C/c4[nH]c(=O)[nH]c4O)c3n2)s1. The molecular weight excluding hydrogens is 419 g/mol. The molecule has 0 bridgehead atoms. The number of aryl methyl sites for hydroxylation is 1. The van der Waals surface area contributed by atoms with Gasteiger partial charge in [0, 0.05) is 16.2 Å². The van der Waals surface area contributed by atoms with E-state index in [1.165, 1.54) is 12.1 Å². The van der Waals surface area contributed by atoms with Crippen LogP contribution in [0.25, 0.3) is 22.3 Å². The molecule has 4 aromatic heterocycles. The third-order valence-corrected chi connectivity index (χ3v) is 5.60. The molecule has 5 aromatic rings. The van der Waals surface area contributed by atoms with Crippen LogP contribution in [0.3, 0.4) is 0 Å². The molecule has 4 heterocycles. The van der Waals surface area contributed by atoms with E-state index in [4.69, 9.17) is 4.98 Å². The zero-order chi connectivity index (χ0) is 21.5. The Hall–Kier alpha value is -4.05. The Morgan fingerprint density at radius 1 is 1.19 bits per heavy atom. The lowest BCUT2D eigenvalue weighted by molar-refractivity contribution is 0.454. The number of benzene rings is 1. The van der Waals surface area contributed by atoms with Crippen molar-refractivity contribution in [2.75, 3.05) is 0 Å². The van der Waals surface area contributed by atoms with Crippen LogP contribution >= 0.6 is 11.3 Å². The number of hydrogen-bond donors (Lipinski definition) is 3. The summed E-state index contributed by atoms with van der Waals surface area (Å²) in [6.45, 7) is 2.01. The van der Waals surface area contributed by atoms with Gasteiger partial charge >= 0.3 is 5.69 Å². The van der Waals surface area contributed by atoms with Crippen LogP contribution in [-0.2, 0) is 0 Å². The molecule has 0 saturated carbocycles. The van der Waals surface area contributed by atoms with Gasteiger partial charge in [-0.2, -0.15) is 9.61 Å². The van der Waals surface area contributed by atoms with Crippen molar-refractivity contribution in [3.8, 4) is 16.5 Å². The van der Waals surface area contributed by atoms with Crippen LogP contribution in [0, 0.1) is 12.7 Å². The van der Waals surface area contributed by atoms with Gasteiger partial charge in [0.2, 0.25) is 5.88 Å². The van der Waals surface area contributed by atoms with Gasteiger partial charge in [0.15, 0.2) is 11.1 Å². The fourth-order valence-electron chi connectivity index (χ4n) is 3.14. The highest BCUT2D eigenvalue weighted by atomic mass is 32.1. The number of aromatic nitrogens is 5. The number of nitrogens with zero attached hydrogens (tertiary/aromatic N) is 4. The minimum Gasteiger partial charge on any atom is -0.493 e. The Morgan fingerprint density at radius 3 is 2.68 bits per heavy atom. The summed E-state index contributed by atoms with van der Waals surface area (Å²) >= 11 is 1.60. The number of hydrogen-bond acceptors (Lipinski definition) is 6. The molecule has 3 N–H and O–H groups in total. The highest BCUT2D eigenvalue weighted by Gasteiger charge is 2.10. The molecule has 1 aromatic carbocycles. The Kier molecular flexibility index (Phi) is 4.48. The molecule has 10 heteroatoms.